The van der Waals surface area contributed by atoms with Gasteiger partial charge in [-0.3, -0.25) is 0 Å². The van der Waals surface area contributed by atoms with Gasteiger partial charge in [0.15, 0.2) is 22.8 Å². The normalized spacial score (nSPS) is 12.8. The number of nitrogens with one attached hydrogen (secondary N) is 1. The number of anilines is 1. The Morgan fingerprint density at radius 2 is 1.67 bits per heavy atom. The van der Waals surface area contributed by atoms with E-state index in [4.69, 9.17) is 15.1 Å². The van der Waals surface area contributed by atoms with Gasteiger partial charge >= 0.3 is 0 Å². The third kappa shape index (κ3) is 5.13. The van der Waals surface area contributed by atoms with Crippen molar-refractivity contribution in [2.45, 2.75) is 66.0 Å². The molecule has 2 heterocycles. The SMILES string of the molecule is CC(C)c1nc(N(C)Cc2ccc(O)c(O)c2)c2nn(NC(CO)C(C)C)c(C(C)C)c2n1. The standard InChI is InChI=1S/C24H36N6O3/c1-13(2)17(12-31)27-30-22(14(3)4)20-21(28-30)24(26-23(25-20)15(5)6)29(7)11-16-8-9-18(32)19(33)10-16/h8-10,13-15,17,27,31-33H,11-12H2,1-7H3. The molecule has 1 atom stereocenters. The van der Waals surface area contributed by atoms with Crippen molar-refractivity contribution in [1.29, 1.82) is 0 Å². The monoisotopic (exact) mass is 456 g/mol. The van der Waals surface area contributed by atoms with Crippen LogP contribution in [0.15, 0.2) is 18.2 Å². The van der Waals surface area contributed by atoms with Crippen LogP contribution in [-0.4, -0.2) is 54.9 Å². The van der Waals surface area contributed by atoms with Crippen molar-refractivity contribution in [1.82, 2.24) is 19.9 Å². The first-order chi connectivity index (χ1) is 15.5. The van der Waals surface area contributed by atoms with Gasteiger partial charge in [0.25, 0.3) is 0 Å². The lowest BCUT2D eigenvalue weighted by Crippen LogP contribution is -2.37. The number of phenolic OH excluding ortho intramolecular Hbond substituents is 2. The molecule has 180 valence electrons. The Bertz CT molecular complexity index is 1110. The Balaban J connectivity index is 2.14. The zero-order chi connectivity index (χ0) is 24.4. The number of nitrogens with zero attached hydrogens (tertiary/aromatic N) is 5. The summed E-state index contributed by atoms with van der Waals surface area (Å²) in [5, 5.41) is 34.2. The van der Waals surface area contributed by atoms with Crippen LogP contribution in [0.5, 0.6) is 11.5 Å². The van der Waals surface area contributed by atoms with Crippen molar-refractivity contribution in [3.63, 3.8) is 0 Å². The minimum atomic E-state index is -0.157. The van der Waals surface area contributed by atoms with Crippen molar-refractivity contribution in [2.75, 3.05) is 24.0 Å². The van der Waals surface area contributed by atoms with Crippen LogP contribution in [0, 0.1) is 5.92 Å². The molecular weight excluding hydrogens is 420 g/mol. The number of aromatic hydroxyl groups is 2. The predicted octanol–water partition coefficient (Wildman–Crippen LogP) is 3.68. The Kier molecular flexibility index (Phi) is 7.31. The number of phenols is 2. The van der Waals surface area contributed by atoms with Crippen molar-refractivity contribution >= 4 is 16.9 Å². The summed E-state index contributed by atoms with van der Waals surface area (Å²) in [5.41, 5.74) is 6.57. The summed E-state index contributed by atoms with van der Waals surface area (Å²) < 4.78 is 0. The van der Waals surface area contributed by atoms with Crippen LogP contribution in [0.3, 0.4) is 0 Å². The molecule has 3 rings (SSSR count). The number of fused-ring (bicyclic) bond motifs is 1. The first-order valence-corrected chi connectivity index (χ1v) is 11.4. The largest absolute Gasteiger partial charge is 0.504 e. The van der Waals surface area contributed by atoms with E-state index in [0.717, 1.165) is 22.6 Å². The average molecular weight is 457 g/mol. The Morgan fingerprint density at radius 3 is 2.21 bits per heavy atom. The Morgan fingerprint density at radius 1 is 0.970 bits per heavy atom. The third-order valence-electron chi connectivity index (χ3n) is 5.73. The van der Waals surface area contributed by atoms with Crippen molar-refractivity contribution in [2.24, 2.45) is 5.92 Å². The maximum atomic E-state index is 9.89. The second kappa shape index (κ2) is 9.82. The number of rotatable bonds is 9. The van der Waals surface area contributed by atoms with E-state index < -0.39 is 0 Å². The zero-order valence-electron chi connectivity index (χ0n) is 20.5. The molecule has 0 saturated heterocycles. The highest BCUT2D eigenvalue weighted by molar-refractivity contribution is 5.88. The van der Waals surface area contributed by atoms with Gasteiger partial charge in [-0.2, -0.15) is 4.79 Å². The van der Waals surface area contributed by atoms with E-state index >= 15 is 0 Å². The second-order valence-electron chi connectivity index (χ2n) is 9.55. The minimum absolute atomic E-state index is 0.00850. The van der Waals surface area contributed by atoms with Crippen LogP contribution >= 0.6 is 0 Å². The van der Waals surface area contributed by atoms with Gasteiger partial charge in [-0.15, -0.1) is 5.10 Å². The van der Waals surface area contributed by atoms with Crippen molar-refractivity contribution in [3.8, 4) is 11.5 Å². The molecule has 0 radical (unpaired) electrons. The minimum Gasteiger partial charge on any atom is -0.504 e. The summed E-state index contributed by atoms with van der Waals surface area (Å²) in [7, 11) is 1.92. The van der Waals surface area contributed by atoms with E-state index in [0.29, 0.717) is 17.9 Å². The molecule has 4 N–H and O–H groups in total. The lowest BCUT2D eigenvalue weighted by Gasteiger charge is -2.22. The van der Waals surface area contributed by atoms with Gasteiger partial charge in [0, 0.05) is 19.5 Å². The number of aliphatic hydroxyl groups is 1. The van der Waals surface area contributed by atoms with Gasteiger partial charge in [0.1, 0.15) is 11.3 Å². The molecule has 1 unspecified atom stereocenters. The number of aromatic nitrogens is 4. The first-order valence-electron chi connectivity index (χ1n) is 11.4. The molecule has 3 aromatic rings. The molecule has 9 heteroatoms. The summed E-state index contributed by atoms with van der Waals surface area (Å²) in [6.45, 7) is 12.9. The molecular formula is C24H36N6O3. The average Bonchev–Trinajstić information content (AvgIpc) is 3.11. The number of hydrogen-bond donors (Lipinski definition) is 4. The third-order valence-corrected chi connectivity index (χ3v) is 5.73. The molecule has 0 fully saturated rings. The zero-order valence-corrected chi connectivity index (χ0v) is 20.5. The predicted molar refractivity (Wildman–Crippen MR) is 130 cm³/mol. The molecule has 2 aromatic heterocycles. The molecule has 0 aliphatic carbocycles. The molecule has 1 aromatic carbocycles. The number of benzene rings is 1. The quantitative estimate of drug-likeness (QED) is 0.360. The Labute approximate surface area is 195 Å². The van der Waals surface area contributed by atoms with Gasteiger partial charge in [-0.1, -0.05) is 47.6 Å². The van der Waals surface area contributed by atoms with E-state index in [1.165, 1.54) is 6.07 Å². The van der Waals surface area contributed by atoms with Gasteiger partial charge in [-0.25, -0.2) is 9.97 Å². The summed E-state index contributed by atoms with van der Waals surface area (Å²) in [4.78, 5) is 13.4. The summed E-state index contributed by atoms with van der Waals surface area (Å²) >= 11 is 0. The van der Waals surface area contributed by atoms with E-state index in [1.807, 2.05) is 11.9 Å². The lowest BCUT2D eigenvalue weighted by atomic mass is 10.1. The molecule has 0 amide bonds. The Hall–Kier alpha value is -3.07. The van der Waals surface area contributed by atoms with E-state index in [9.17, 15) is 15.3 Å². The van der Waals surface area contributed by atoms with E-state index in [1.54, 1.807) is 16.9 Å². The molecule has 0 bridgehead atoms. The summed E-state index contributed by atoms with van der Waals surface area (Å²) in [6, 6.07) is 4.63. The van der Waals surface area contributed by atoms with Gasteiger partial charge < -0.3 is 25.6 Å². The van der Waals surface area contributed by atoms with E-state index in [2.05, 4.69) is 47.0 Å². The van der Waals surface area contributed by atoms with Gasteiger partial charge in [-0.05, 0) is 29.5 Å². The maximum absolute atomic E-state index is 9.89. The highest BCUT2D eigenvalue weighted by atomic mass is 16.3. The molecule has 0 saturated carbocycles. The number of aliphatic hydroxyl groups excluding tert-OH is 1. The van der Waals surface area contributed by atoms with Crippen LogP contribution in [0.1, 0.15) is 70.5 Å². The molecule has 0 spiro atoms. The topological polar surface area (TPSA) is 120 Å². The highest BCUT2D eigenvalue weighted by Crippen LogP contribution is 2.32. The lowest BCUT2D eigenvalue weighted by molar-refractivity contribution is 0.238. The van der Waals surface area contributed by atoms with Crippen LogP contribution in [0.25, 0.3) is 11.0 Å². The molecule has 33 heavy (non-hydrogen) atoms. The fourth-order valence-corrected chi connectivity index (χ4v) is 3.70. The van der Waals surface area contributed by atoms with E-state index in [-0.39, 0.29) is 41.9 Å². The molecule has 0 aliphatic rings. The van der Waals surface area contributed by atoms with Crippen LogP contribution in [-0.2, 0) is 6.54 Å². The summed E-state index contributed by atoms with van der Waals surface area (Å²) in [6.07, 6.45) is 0. The fourth-order valence-electron chi connectivity index (χ4n) is 3.70. The maximum Gasteiger partial charge on any atom is 0.161 e. The highest BCUT2D eigenvalue weighted by Gasteiger charge is 2.25. The van der Waals surface area contributed by atoms with Crippen molar-refractivity contribution < 1.29 is 15.3 Å². The van der Waals surface area contributed by atoms with Crippen LogP contribution < -0.4 is 10.3 Å². The van der Waals surface area contributed by atoms with Crippen LogP contribution in [0.4, 0.5) is 5.82 Å². The first kappa shape index (κ1) is 24.6. The second-order valence-corrected chi connectivity index (χ2v) is 9.55. The summed E-state index contributed by atoms with van der Waals surface area (Å²) in [5.74, 6) is 1.57. The smallest absolute Gasteiger partial charge is 0.161 e. The van der Waals surface area contributed by atoms with Crippen molar-refractivity contribution in [3.05, 3.63) is 35.3 Å². The molecule has 0 aliphatic heterocycles. The number of hydrogen-bond acceptors (Lipinski definition) is 8. The van der Waals surface area contributed by atoms with Gasteiger partial charge in [0.2, 0.25) is 0 Å². The molecule has 9 nitrogen and oxygen atoms in total. The van der Waals surface area contributed by atoms with Gasteiger partial charge in [0.05, 0.1) is 18.3 Å². The van der Waals surface area contributed by atoms with Crippen LogP contribution in [0.2, 0.25) is 0 Å². The fraction of sp³-hybridized carbons (Fsp3) is 0.542.